The standard InChI is InChI=1S/C8H14O2/c1-5-8(6-2,10-4)7-9-3/h5-6H,1-2,7H2,3-4H3. The molecule has 0 unspecified atom stereocenters. The number of ether oxygens (including phenoxy) is 2. The fourth-order valence-electron chi connectivity index (χ4n) is 0.652. The van der Waals surface area contributed by atoms with E-state index in [-0.39, 0.29) is 0 Å². The molecule has 2 heteroatoms. The summed E-state index contributed by atoms with van der Waals surface area (Å²) in [6, 6.07) is 0. The molecule has 0 spiro atoms. The van der Waals surface area contributed by atoms with Crippen LogP contribution >= 0.6 is 0 Å². The topological polar surface area (TPSA) is 18.5 Å². The van der Waals surface area contributed by atoms with Crippen LogP contribution in [0.1, 0.15) is 0 Å². The van der Waals surface area contributed by atoms with Gasteiger partial charge >= 0.3 is 0 Å². The molecule has 58 valence electrons. The Morgan fingerprint density at radius 3 is 1.90 bits per heavy atom. The highest BCUT2D eigenvalue weighted by molar-refractivity contribution is 5.09. The maximum Gasteiger partial charge on any atom is 0.127 e. The van der Waals surface area contributed by atoms with Gasteiger partial charge in [0.2, 0.25) is 0 Å². The first-order chi connectivity index (χ1) is 4.74. The van der Waals surface area contributed by atoms with Gasteiger partial charge in [-0.05, 0) is 0 Å². The van der Waals surface area contributed by atoms with E-state index in [9.17, 15) is 0 Å². The van der Waals surface area contributed by atoms with E-state index in [1.807, 2.05) is 0 Å². The zero-order chi connectivity index (χ0) is 8.04. The number of rotatable bonds is 5. The highest BCUT2D eigenvalue weighted by atomic mass is 16.5. The lowest BCUT2D eigenvalue weighted by atomic mass is 10.1. The molecule has 0 bridgehead atoms. The fraction of sp³-hybridized carbons (Fsp3) is 0.500. The summed E-state index contributed by atoms with van der Waals surface area (Å²) in [6.45, 7) is 7.69. The van der Waals surface area contributed by atoms with Crippen molar-refractivity contribution in [1.82, 2.24) is 0 Å². The lowest BCUT2D eigenvalue weighted by molar-refractivity contribution is 0.00494. The largest absolute Gasteiger partial charge is 0.381 e. The summed E-state index contributed by atoms with van der Waals surface area (Å²) in [4.78, 5) is 0. The maximum absolute atomic E-state index is 5.12. The summed E-state index contributed by atoms with van der Waals surface area (Å²) in [5.41, 5.74) is -0.519. The van der Waals surface area contributed by atoms with Crippen LogP contribution in [0.5, 0.6) is 0 Å². The molecule has 0 aliphatic carbocycles. The molecule has 0 aromatic carbocycles. The van der Waals surface area contributed by atoms with Crippen molar-refractivity contribution in [2.75, 3.05) is 20.8 Å². The molecular weight excluding hydrogens is 128 g/mol. The molecule has 0 fully saturated rings. The van der Waals surface area contributed by atoms with Gasteiger partial charge in [-0.1, -0.05) is 25.3 Å². The fourth-order valence-corrected chi connectivity index (χ4v) is 0.652. The van der Waals surface area contributed by atoms with E-state index in [0.29, 0.717) is 6.61 Å². The van der Waals surface area contributed by atoms with Crippen molar-refractivity contribution in [3.63, 3.8) is 0 Å². The SMILES string of the molecule is C=CC(C=C)(COC)OC. The second kappa shape index (κ2) is 4.25. The maximum atomic E-state index is 5.12. The van der Waals surface area contributed by atoms with E-state index < -0.39 is 5.60 Å². The molecule has 0 aromatic heterocycles. The third kappa shape index (κ3) is 1.97. The Balaban J connectivity index is 4.14. The van der Waals surface area contributed by atoms with Gasteiger partial charge in [-0.25, -0.2) is 0 Å². The summed E-state index contributed by atoms with van der Waals surface area (Å²) in [5, 5.41) is 0. The first kappa shape index (κ1) is 9.40. The van der Waals surface area contributed by atoms with Crippen LogP contribution < -0.4 is 0 Å². The quantitative estimate of drug-likeness (QED) is 0.540. The van der Waals surface area contributed by atoms with E-state index in [2.05, 4.69) is 13.2 Å². The van der Waals surface area contributed by atoms with Crippen molar-refractivity contribution in [2.24, 2.45) is 0 Å². The monoisotopic (exact) mass is 142 g/mol. The summed E-state index contributed by atoms with van der Waals surface area (Å²) in [7, 11) is 3.21. The van der Waals surface area contributed by atoms with Crippen molar-refractivity contribution < 1.29 is 9.47 Å². The Morgan fingerprint density at radius 2 is 1.80 bits per heavy atom. The smallest absolute Gasteiger partial charge is 0.127 e. The van der Waals surface area contributed by atoms with Gasteiger partial charge in [0.1, 0.15) is 5.60 Å². The van der Waals surface area contributed by atoms with Crippen LogP contribution in [0.3, 0.4) is 0 Å². The van der Waals surface area contributed by atoms with Crippen LogP contribution in [0.2, 0.25) is 0 Å². The van der Waals surface area contributed by atoms with E-state index in [1.54, 1.807) is 26.4 Å². The van der Waals surface area contributed by atoms with Gasteiger partial charge < -0.3 is 9.47 Å². The lowest BCUT2D eigenvalue weighted by Gasteiger charge is -2.23. The highest BCUT2D eigenvalue weighted by Crippen LogP contribution is 2.12. The molecule has 0 aliphatic rings. The van der Waals surface area contributed by atoms with Gasteiger partial charge in [0.15, 0.2) is 0 Å². The molecule has 0 saturated carbocycles. The first-order valence-electron chi connectivity index (χ1n) is 3.06. The average molecular weight is 142 g/mol. The molecule has 2 nitrogen and oxygen atoms in total. The molecule has 10 heavy (non-hydrogen) atoms. The lowest BCUT2D eigenvalue weighted by Crippen LogP contribution is -2.31. The van der Waals surface area contributed by atoms with Gasteiger partial charge in [0, 0.05) is 14.2 Å². The molecule has 0 rings (SSSR count). The Kier molecular flexibility index (Phi) is 4.00. The Labute approximate surface area is 62.1 Å². The Morgan fingerprint density at radius 1 is 1.30 bits per heavy atom. The molecular formula is C8H14O2. The van der Waals surface area contributed by atoms with Crippen molar-refractivity contribution in [2.45, 2.75) is 5.60 Å². The molecule has 0 aliphatic heterocycles. The molecule has 0 atom stereocenters. The van der Waals surface area contributed by atoms with Gasteiger partial charge in [0.05, 0.1) is 6.61 Å². The second-order valence-corrected chi connectivity index (χ2v) is 2.00. The minimum atomic E-state index is -0.519. The Bertz CT molecular complexity index is 110. The highest BCUT2D eigenvalue weighted by Gasteiger charge is 2.20. The summed E-state index contributed by atoms with van der Waals surface area (Å²) in [5.74, 6) is 0. The van der Waals surface area contributed by atoms with Crippen LogP contribution in [0.4, 0.5) is 0 Å². The van der Waals surface area contributed by atoms with Crippen LogP contribution in [-0.2, 0) is 9.47 Å². The van der Waals surface area contributed by atoms with Crippen molar-refractivity contribution in [3.05, 3.63) is 25.3 Å². The van der Waals surface area contributed by atoms with Gasteiger partial charge in [0.25, 0.3) is 0 Å². The van der Waals surface area contributed by atoms with Crippen molar-refractivity contribution >= 4 is 0 Å². The molecule has 0 N–H and O–H groups in total. The van der Waals surface area contributed by atoms with Crippen LogP contribution in [-0.4, -0.2) is 26.4 Å². The average Bonchev–Trinajstić information content (AvgIpc) is 2.01. The first-order valence-corrected chi connectivity index (χ1v) is 3.06. The molecule has 0 saturated heterocycles. The number of hydrogen-bond acceptors (Lipinski definition) is 2. The van der Waals surface area contributed by atoms with Crippen LogP contribution in [0.25, 0.3) is 0 Å². The van der Waals surface area contributed by atoms with Gasteiger partial charge in [-0.2, -0.15) is 0 Å². The van der Waals surface area contributed by atoms with Crippen molar-refractivity contribution in [3.8, 4) is 0 Å². The second-order valence-electron chi connectivity index (χ2n) is 2.00. The van der Waals surface area contributed by atoms with Gasteiger partial charge in [-0.15, -0.1) is 0 Å². The van der Waals surface area contributed by atoms with E-state index >= 15 is 0 Å². The van der Waals surface area contributed by atoms with Crippen molar-refractivity contribution in [1.29, 1.82) is 0 Å². The van der Waals surface area contributed by atoms with E-state index in [4.69, 9.17) is 9.47 Å². The summed E-state index contributed by atoms with van der Waals surface area (Å²) >= 11 is 0. The van der Waals surface area contributed by atoms with E-state index in [1.165, 1.54) is 0 Å². The zero-order valence-corrected chi connectivity index (χ0v) is 6.59. The molecule has 0 aromatic rings. The predicted molar refractivity (Wildman–Crippen MR) is 42.0 cm³/mol. The normalized spacial score (nSPS) is 11.0. The third-order valence-corrected chi connectivity index (χ3v) is 1.44. The minimum absolute atomic E-state index is 0.455. The number of hydrogen-bond donors (Lipinski definition) is 0. The van der Waals surface area contributed by atoms with E-state index in [0.717, 1.165) is 0 Å². The molecule has 0 heterocycles. The zero-order valence-electron chi connectivity index (χ0n) is 6.59. The van der Waals surface area contributed by atoms with Crippen LogP contribution in [0.15, 0.2) is 25.3 Å². The molecule has 0 amide bonds. The molecule has 0 radical (unpaired) electrons. The summed E-state index contributed by atoms with van der Waals surface area (Å²) < 4.78 is 10.0. The number of methoxy groups -OCH3 is 2. The summed E-state index contributed by atoms with van der Waals surface area (Å²) in [6.07, 6.45) is 3.34. The third-order valence-electron chi connectivity index (χ3n) is 1.44. The van der Waals surface area contributed by atoms with Crippen LogP contribution in [0, 0.1) is 0 Å². The Hall–Kier alpha value is -0.600. The predicted octanol–water partition coefficient (Wildman–Crippen LogP) is 1.39. The van der Waals surface area contributed by atoms with Gasteiger partial charge in [-0.3, -0.25) is 0 Å². The minimum Gasteiger partial charge on any atom is -0.381 e.